The third kappa shape index (κ3) is 5.92. The van der Waals surface area contributed by atoms with Gasteiger partial charge in [0.2, 0.25) is 6.71 Å². The quantitative estimate of drug-likeness (QED) is 0.249. The van der Waals surface area contributed by atoms with E-state index in [1.807, 2.05) is 12.5 Å². The molecule has 0 atom stereocenters. The van der Waals surface area contributed by atoms with Crippen molar-refractivity contribution in [2.75, 3.05) is 0 Å². The van der Waals surface area contributed by atoms with Crippen molar-refractivity contribution >= 4 is 36.1 Å². The second-order valence-electron chi connectivity index (χ2n) is 10.7. The lowest BCUT2D eigenvalue weighted by molar-refractivity contribution is 0.829. The van der Waals surface area contributed by atoms with E-state index < -0.39 is 8.07 Å². The molecule has 1 aliphatic rings. The first kappa shape index (κ1) is 26.0. The zero-order chi connectivity index (χ0) is 26.2. The number of rotatable bonds is 8. The van der Waals surface area contributed by atoms with Crippen LogP contribution in [0.2, 0.25) is 11.4 Å². The van der Waals surface area contributed by atoms with Crippen LogP contribution in [0.4, 0.5) is 0 Å². The summed E-state index contributed by atoms with van der Waals surface area (Å²) in [5.74, 6) is 0.866. The van der Waals surface area contributed by atoms with Gasteiger partial charge in [0.25, 0.3) is 0 Å². The predicted octanol–water partition coefficient (Wildman–Crippen LogP) is 5.56. The van der Waals surface area contributed by atoms with Gasteiger partial charge in [-0.05, 0) is 5.54 Å². The number of benzene rings is 4. The van der Waals surface area contributed by atoms with E-state index in [-0.39, 0.29) is 0 Å². The van der Waals surface area contributed by atoms with E-state index in [1.165, 1.54) is 34.1 Å². The molecule has 6 rings (SSSR count). The topological polar surface area (TPSA) is 17.8 Å². The maximum absolute atomic E-state index is 4.24. The fourth-order valence-corrected chi connectivity index (χ4v) is 10.6. The van der Waals surface area contributed by atoms with Gasteiger partial charge < -0.3 is 4.57 Å². The Morgan fingerprint density at radius 1 is 0.711 bits per heavy atom. The molecule has 0 N–H and O–H groups in total. The van der Waals surface area contributed by atoms with Gasteiger partial charge in [-0.25, -0.2) is 4.98 Å². The molecule has 1 aliphatic carbocycles. The molecule has 2 nitrogen and oxygen atoms in total. The van der Waals surface area contributed by atoms with E-state index in [9.17, 15) is 0 Å². The number of hydrogen-bond donors (Lipinski definition) is 0. The molecular weight excluding hydrogens is 475 g/mol. The summed E-state index contributed by atoms with van der Waals surface area (Å²) in [6.45, 7) is 5.34. The van der Waals surface area contributed by atoms with E-state index >= 15 is 0 Å². The van der Waals surface area contributed by atoms with Crippen molar-refractivity contribution in [1.82, 2.24) is 9.55 Å². The molecular formula is C34H37BN2Si. The molecule has 1 aromatic heterocycles. The maximum atomic E-state index is 4.24. The van der Waals surface area contributed by atoms with Crippen molar-refractivity contribution in [1.29, 1.82) is 0 Å². The Bertz CT molecular complexity index is 1270. The van der Waals surface area contributed by atoms with Crippen LogP contribution in [0.15, 0.2) is 140 Å². The number of hydrogen-bond acceptors (Lipinski definition) is 1. The normalized spacial score (nSPS) is 13.0. The zero-order valence-corrected chi connectivity index (χ0v) is 23.5. The minimum Gasteiger partial charge on any atom is -0.340 e. The Hall–Kier alpha value is -3.63. The Kier molecular flexibility index (Phi) is 8.40. The van der Waals surface area contributed by atoms with Crippen LogP contribution in [-0.4, -0.2) is 24.3 Å². The minimum atomic E-state index is -1.91. The first-order valence-electron chi connectivity index (χ1n) is 13.8. The fraction of sp³-hybridized carbons (Fsp3) is 0.206. The highest BCUT2D eigenvalue weighted by molar-refractivity contribution is 7.02. The van der Waals surface area contributed by atoms with Crippen molar-refractivity contribution in [3.05, 3.63) is 140 Å². The second kappa shape index (κ2) is 12.3. The van der Waals surface area contributed by atoms with Crippen LogP contribution in [0, 0.1) is 0 Å². The van der Waals surface area contributed by atoms with Crippen LogP contribution in [0.5, 0.6) is 0 Å². The van der Waals surface area contributed by atoms with Crippen LogP contribution in [-0.2, 0) is 6.17 Å². The largest absolute Gasteiger partial charge is 0.340 e. The smallest absolute Gasteiger partial charge is 0.212 e. The summed E-state index contributed by atoms with van der Waals surface area (Å²) in [6.07, 6.45) is 9.68. The van der Waals surface area contributed by atoms with Gasteiger partial charge in [-0.15, -0.1) is 0 Å². The first-order chi connectivity index (χ1) is 18.7. The average molecular weight is 513 g/mol. The third-order valence-corrected chi connectivity index (χ3v) is 13.5. The molecule has 5 aromatic rings. The summed E-state index contributed by atoms with van der Waals surface area (Å²) >= 11 is 0. The average Bonchev–Trinajstić information content (AvgIpc) is 3.67. The summed E-state index contributed by atoms with van der Waals surface area (Å²) in [7, 11) is -1.91. The van der Waals surface area contributed by atoms with Crippen molar-refractivity contribution in [3.8, 4) is 0 Å². The summed E-state index contributed by atoms with van der Waals surface area (Å²) in [5.41, 5.74) is 3.53. The van der Waals surface area contributed by atoms with Crippen LogP contribution in [0.1, 0.15) is 26.7 Å². The molecule has 1 heterocycles. The van der Waals surface area contributed by atoms with Gasteiger partial charge in [-0.2, -0.15) is 0 Å². The highest BCUT2D eigenvalue weighted by Gasteiger charge is 2.40. The highest BCUT2D eigenvalue weighted by Crippen LogP contribution is 2.38. The summed E-state index contributed by atoms with van der Waals surface area (Å²) in [6, 6.07) is 43.9. The fourth-order valence-electron chi connectivity index (χ4n) is 5.82. The first-order valence-corrected chi connectivity index (χ1v) is 16.1. The molecule has 190 valence electrons. The standard InChI is InChI=1S/C19H22N2Si.C15H15B/c1-17(2)22(16-21-14-13-20-15-21,18-9-5-3-6-10-18)19-11-7-4-8-12-19;1-3-7-13(8-4-1)16(15-11-12-15)14-9-5-2-6-10-14/h3-15,17H,16H2,1-2H3;1-10,15H,11-12H2. The third-order valence-electron chi connectivity index (χ3n) is 7.97. The molecule has 0 spiro atoms. The van der Waals surface area contributed by atoms with Crippen molar-refractivity contribution in [2.24, 2.45) is 0 Å². The predicted molar refractivity (Wildman–Crippen MR) is 166 cm³/mol. The Morgan fingerprint density at radius 3 is 1.53 bits per heavy atom. The molecule has 1 fully saturated rings. The summed E-state index contributed by atoms with van der Waals surface area (Å²) < 4.78 is 2.24. The summed E-state index contributed by atoms with van der Waals surface area (Å²) in [4.78, 5) is 4.24. The van der Waals surface area contributed by atoms with Crippen LogP contribution < -0.4 is 21.3 Å². The van der Waals surface area contributed by atoms with Crippen molar-refractivity contribution in [3.63, 3.8) is 0 Å². The van der Waals surface area contributed by atoms with Crippen LogP contribution in [0.25, 0.3) is 0 Å². The Labute approximate surface area is 229 Å². The van der Waals surface area contributed by atoms with Gasteiger partial charge in [0, 0.05) is 18.6 Å². The van der Waals surface area contributed by atoms with E-state index in [0.29, 0.717) is 12.3 Å². The lowest BCUT2D eigenvalue weighted by atomic mass is 9.37. The Morgan fingerprint density at radius 2 is 1.16 bits per heavy atom. The zero-order valence-electron chi connectivity index (χ0n) is 22.5. The SMILES string of the molecule is CC(C)[Si](Cn1ccnc1)(c1ccccc1)c1ccccc1.c1ccc(B(c2ccccc2)C2CC2)cc1. The Balaban J connectivity index is 0.000000162. The van der Waals surface area contributed by atoms with Crippen molar-refractivity contribution in [2.45, 2.75) is 44.2 Å². The second-order valence-corrected chi connectivity index (χ2v) is 15.3. The highest BCUT2D eigenvalue weighted by atomic mass is 28.3. The van der Waals surface area contributed by atoms with Crippen molar-refractivity contribution < 1.29 is 0 Å². The molecule has 4 heteroatoms. The monoisotopic (exact) mass is 512 g/mol. The number of imidazole rings is 1. The molecule has 38 heavy (non-hydrogen) atoms. The van der Waals surface area contributed by atoms with Gasteiger partial charge in [0.15, 0.2) is 0 Å². The van der Waals surface area contributed by atoms with E-state index in [1.54, 1.807) is 0 Å². The van der Waals surface area contributed by atoms with E-state index in [0.717, 1.165) is 12.0 Å². The van der Waals surface area contributed by atoms with Gasteiger partial charge in [0.05, 0.1) is 6.33 Å². The number of nitrogens with zero attached hydrogens (tertiary/aromatic N) is 2. The maximum Gasteiger partial charge on any atom is 0.212 e. The molecule has 0 amide bonds. The van der Waals surface area contributed by atoms with E-state index in [2.05, 4.69) is 151 Å². The molecule has 0 aliphatic heterocycles. The summed E-state index contributed by atoms with van der Waals surface area (Å²) in [5, 5.41) is 2.98. The minimum absolute atomic E-state index is 0.597. The van der Waals surface area contributed by atoms with Gasteiger partial charge in [0.1, 0.15) is 8.07 Å². The van der Waals surface area contributed by atoms with Gasteiger partial charge >= 0.3 is 0 Å². The lowest BCUT2D eigenvalue weighted by Crippen LogP contribution is -2.63. The van der Waals surface area contributed by atoms with Gasteiger partial charge in [-0.1, -0.05) is 175 Å². The molecule has 4 aromatic carbocycles. The molecule has 1 saturated carbocycles. The van der Waals surface area contributed by atoms with Crippen LogP contribution >= 0.6 is 0 Å². The molecule has 0 unspecified atom stereocenters. The lowest BCUT2D eigenvalue weighted by Gasteiger charge is -2.37. The van der Waals surface area contributed by atoms with E-state index in [4.69, 9.17) is 0 Å². The number of aromatic nitrogens is 2. The molecule has 0 bridgehead atoms. The molecule has 0 radical (unpaired) electrons. The van der Waals surface area contributed by atoms with Crippen LogP contribution in [0.3, 0.4) is 0 Å². The molecule has 0 saturated heterocycles. The van der Waals surface area contributed by atoms with Gasteiger partial charge in [-0.3, -0.25) is 0 Å².